The first-order valence-corrected chi connectivity index (χ1v) is 7.24. The summed E-state index contributed by atoms with van der Waals surface area (Å²) in [6.07, 6.45) is 3.96. The van der Waals surface area contributed by atoms with E-state index >= 15 is 0 Å². The van der Waals surface area contributed by atoms with Gasteiger partial charge in [0.15, 0.2) is 0 Å². The zero-order valence-corrected chi connectivity index (χ0v) is 12.1. The lowest BCUT2D eigenvalue weighted by Gasteiger charge is -2.32. The topological polar surface area (TPSA) is 15.3 Å². The van der Waals surface area contributed by atoms with E-state index in [9.17, 15) is 0 Å². The molecule has 2 atom stereocenters. The van der Waals surface area contributed by atoms with Gasteiger partial charge in [-0.15, -0.1) is 0 Å². The Labute approximate surface area is 115 Å². The summed E-state index contributed by atoms with van der Waals surface area (Å²) in [5, 5.41) is 4.47. The molecule has 0 aromatic heterocycles. The van der Waals surface area contributed by atoms with Crippen LogP contribution in [-0.2, 0) is 0 Å². The molecular weight excluding hydrogens is 244 g/mol. The molecule has 1 heterocycles. The lowest BCUT2D eigenvalue weighted by atomic mass is 10.0. The lowest BCUT2D eigenvalue weighted by molar-refractivity contribution is 0.215. The van der Waals surface area contributed by atoms with Crippen LogP contribution in [-0.4, -0.2) is 31.1 Å². The molecule has 0 saturated carbocycles. The monoisotopic (exact) mass is 266 g/mol. The Hall–Kier alpha value is -0.570. The largest absolute Gasteiger partial charge is 0.313 e. The fourth-order valence-corrected chi connectivity index (χ4v) is 2.93. The number of piperidine rings is 1. The van der Waals surface area contributed by atoms with Crippen LogP contribution in [0.4, 0.5) is 0 Å². The number of benzene rings is 1. The highest BCUT2D eigenvalue weighted by Gasteiger charge is 2.19. The van der Waals surface area contributed by atoms with Crippen molar-refractivity contribution in [3.05, 3.63) is 34.9 Å². The first-order chi connectivity index (χ1) is 8.68. The van der Waals surface area contributed by atoms with Gasteiger partial charge in [-0.05, 0) is 45.0 Å². The van der Waals surface area contributed by atoms with Crippen LogP contribution in [0.5, 0.6) is 0 Å². The van der Waals surface area contributed by atoms with Crippen LogP contribution in [0.1, 0.15) is 37.8 Å². The van der Waals surface area contributed by atoms with Gasteiger partial charge in [0.1, 0.15) is 0 Å². The molecule has 0 spiro atoms. The van der Waals surface area contributed by atoms with Crippen molar-refractivity contribution in [2.24, 2.45) is 0 Å². The zero-order valence-electron chi connectivity index (χ0n) is 11.3. The first-order valence-electron chi connectivity index (χ1n) is 6.86. The molecule has 0 radical (unpaired) electrons. The molecule has 1 aromatic carbocycles. The predicted octanol–water partition coefficient (Wildman–Crippen LogP) is 3.47. The highest BCUT2D eigenvalue weighted by Crippen LogP contribution is 2.26. The molecule has 1 N–H and O–H groups in total. The molecule has 0 amide bonds. The molecule has 1 aromatic rings. The molecule has 1 saturated heterocycles. The van der Waals surface area contributed by atoms with Crippen LogP contribution >= 0.6 is 11.6 Å². The molecular formula is C15H23ClN2. The van der Waals surface area contributed by atoms with Gasteiger partial charge in [-0.2, -0.15) is 0 Å². The fraction of sp³-hybridized carbons (Fsp3) is 0.600. The van der Waals surface area contributed by atoms with E-state index in [1.54, 1.807) is 0 Å². The summed E-state index contributed by atoms with van der Waals surface area (Å²) in [6, 6.07) is 9.14. The Morgan fingerprint density at radius 2 is 2.17 bits per heavy atom. The van der Waals surface area contributed by atoms with E-state index in [4.69, 9.17) is 11.6 Å². The molecule has 0 bridgehead atoms. The van der Waals surface area contributed by atoms with Gasteiger partial charge in [0, 0.05) is 23.7 Å². The maximum atomic E-state index is 6.26. The molecule has 18 heavy (non-hydrogen) atoms. The summed E-state index contributed by atoms with van der Waals surface area (Å²) in [5.41, 5.74) is 1.22. The van der Waals surface area contributed by atoms with Gasteiger partial charge in [0.05, 0.1) is 0 Å². The van der Waals surface area contributed by atoms with Gasteiger partial charge in [0.2, 0.25) is 0 Å². The van der Waals surface area contributed by atoms with Crippen molar-refractivity contribution in [1.29, 1.82) is 0 Å². The molecule has 2 unspecified atom stereocenters. The number of nitrogens with zero attached hydrogens (tertiary/aromatic N) is 1. The average Bonchev–Trinajstić information content (AvgIpc) is 2.39. The summed E-state index contributed by atoms with van der Waals surface area (Å²) in [6.45, 7) is 4.48. The SMILES string of the molecule is CC(c1ccccc1Cl)N(C)CC1CCCCN1. The number of hydrogen-bond donors (Lipinski definition) is 1. The minimum absolute atomic E-state index is 0.363. The van der Waals surface area contributed by atoms with Gasteiger partial charge in [-0.25, -0.2) is 0 Å². The summed E-state index contributed by atoms with van der Waals surface area (Å²) >= 11 is 6.26. The van der Waals surface area contributed by atoms with Crippen molar-refractivity contribution in [3.63, 3.8) is 0 Å². The third kappa shape index (κ3) is 3.47. The molecule has 2 nitrogen and oxygen atoms in total. The average molecular weight is 267 g/mol. The van der Waals surface area contributed by atoms with E-state index in [1.807, 2.05) is 12.1 Å². The van der Waals surface area contributed by atoms with E-state index in [1.165, 1.54) is 31.4 Å². The summed E-state index contributed by atoms with van der Waals surface area (Å²) in [4.78, 5) is 2.39. The molecule has 3 heteroatoms. The Kier molecular flexibility index (Phi) is 5.04. The molecule has 1 aliphatic rings. The first kappa shape index (κ1) is 13.9. The second kappa shape index (κ2) is 6.55. The van der Waals surface area contributed by atoms with Gasteiger partial charge in [-0.1, -0.05) is 36.2 Å². The second-order valence-electron chi connectivity index (χ2n) is 5.28. The van der Waals surface area contributed by atoms with E-state index in [2.05, 4.69) is 36.3 Å². The molecule has 1 aliphatic heterocycles. The van der Waals surface area contributed by atoms with Gasteiger partial charge < -0.3 is 5.32 Å². The summed E-state index contributed by atoms with van der Waals surface area (Å²) in [7, 11) is 2.18. The Balaban J connectivity index is 1.95. The fourth-order valence-electron chi connectivity index (χ4n) is 2.64. The molecule has 100 valence electrons. The zero-order chi connectivity index (χ0) is 13.0. The van der Waals surface area contributed by atoms with Crippen LogP contribution < -0.4 is 5.32 Å². The third-order valence-corrected chi connectivity index (χ3v) is 4.28. The maximum Gasteiger partial charge on any atom is 0.0453 e. The van der Waals surface area contributed by atoms with Crippen molar-refractivity contribution in [1.82, 2.24) is 10.2 Å². The van der Waals surface area contributed by atoms with Gasteiger partial charge >= 0.3 is 0 Å². The Bertz CT molecular complexity index is 375. The standard InChI is InChI=1S/C15H23ClN2/c1-12(14-8-3-4-9-15(14)16)18(2)11-13-7-5-6-10-17-13/h3-4,8-9,12-13,17H,5-7,10-11H2,1-2H3. The number of hydrogen-bond acceptors (Lipinski definition) is 2. The predicted molar refractivity (Wildman–Crippen MR) is 78.1 cm³/mol. The smallest absolute Gasteiger partial charge is 0.0453 e. The van der Waals surface area contributed by atoms with E-state index in [0.717, 1.165) is 11.6 Å². The Morgan fingerprint density at radius 3 is 2.83 bits per heavy atom. The maximum absolute atomic E-state index is 6.26. The number of nitrogens with one attached hydrogen (secondary N) is 1. The van der Waals surface area contributed by atoms with Crippen molar-refractivity contribution in [3.8, 4) is 0 Å². The van der Waals surface area contributed by atoms with Crippen LogP contribution in [0.2, 0.25) is 5.02 Å². The van der Waals surface area contributed by atoms with Crippen molar-refractivity contribution < 1.29 is 0 Å². The quantitative estimate of drug-likeness (QED) is 0.898. The van der Waals surface area contributed by atoms with Crippen molar-refractivity contribution >= 4 is 11.6 Å². The van der Waals surface area contributed by atoms with E-state index in [0.29, 0.717) is 12.1 Å². The van der Waals surface area contributed by atoms with Gasteiger partial charge in [0.25, 0.3) is 0 Å². The van der Waals surface area contributed by atoms with Crippen LogP contribution in [0.15, 0.2) is 24.3 Å². The summed E-state index contributed by atoms with van der Waals surface area (Å²) < 4.78 is 0. The number of rotatable bonds is 4. The van der Waals surface area contributed by atoms with E-state index < -0.39 is 0 Å². The summed E-state index contributed by atoms with van der Waals surface area (Å²) in [5.74, 6) is 0. The Morgan fingerprint density at radius 1 is 1.39 bits per heavy atom. The van der Waals surface area contributed by atoms with Crippen molar-refractivity contribution in [2.45, 2.75) is 38.3 Å². The highest BCUT2D eigenvalue weighted by molar-refractivity contribution is 6.31. The molecule has 0 aliphatic carbocycles. The number of halogens is 1. The van der Waals surface area contributed by atoms with E-state index in [-0.39, 0.29) is 0 Å². The van der Waals surface area contributed by atoms with Crippen LogP contribution in [0, 0.1) is 0 Å². The van der Waals surface area contributed by atoms with Crippen LogP contribution in [0.25, 0.3) is 0 Å². The van der Waals surface area contributed by atoms with Gasteiger partial charge in [-0.3, -0.25) is 4.90 Å². The second-order valence-corrected chi connectivity index (χ2v) is 5.69. The minimum atomic E-state index is 0.363. The third-order valence-electron chi connectivity index (χ3n) is 3.94. The number of likely N-dealkylation sites (N-methyl/N-ethyl adjacent to an activating group) is 1. The molecule has 2 rings (SSSR count). The van der Waals surface area contributed by atoms with Crippen LogP contribution in [0.3, 0.4) is 0 Å². The normalized spacial score (nSPS) is 22.1. The minimum Gasteiger partial charge on any atom is -0.313 e. The molecule has 1 fully saturated rings. The van der Waals surface area contributed by atoms with Crippen molar-refractivity contribution in [2.75, 3.05) is 20.1 Å². The highest BCUT2D eigenvalue weighted by atomic mass is 35.5. The lowest BCUT2D eigenvalue weighted by Crippen LogP contribution is -2.43.